The zero-order chi connectivity index (χ0) is 17.9. The normalized spacial score (nSPS) is 12.8. The number of benzene rings is 2. The average molecular weight is 361 g/mol. The van der Waals surface area contributed by atoms with Gasteiger partial charge in [-0.1, -0.05) is 6.07 Å². The lowest BCUT2D eigenvalue weighted by Crippen LogP contribution is -2.23. The van der Waals surface area contributed by atoms with E-state index >= 15 is 0 Å². The molecule has 128 valence electrons. The van der Waals surface area contributed by atoms with Crippen molar-refractivity contribution in [2.45, 2.75) is 23.2 Å². The quantitative estimate of drug-likeness (QED) is 0.606. The summed E-state index contributed by atoms with van der Waals surface area (Å²) >= 11 is 0.883. The summed E-state index contributed by atoms with van der Waals surface area (Å²) in [6, 6.07) is 7.14. The Morgan fingerprint density at radius 1 is 1.12 bits per heavy atom. The summed E-state index contributed by atoms with van der Waals surface area (Å²) in [5.74, 6) is -2.17. The molecule has 1 atom stereocenters. The van der Waals surface area contributed by atoms with Crippen LogP contribution in [0.2, 0.25) is 0 Å². The smallest absolute Gasteiger partial charge is 0.323 e. The van der Waals surface area contributed by atoms with Crippen LogP contribution in [0, 0.1) is 11.6 Å². The second-order valence-corrected chi connectivity index (χ2v) is 6.31. The highest BCUT2D eigenvalue weighted by Gasteiger charge is 2.30. The van der Waals surface area contributed by atoms with Gasteiger partial charge in [-0.2, -0.15) is 13.2 Å². The largest absolute Gasteiger partial charge is 0.416 e. The number of anilines is 1. The van der Waals surface area contributed by atoms with Crippen LogP contribution in [0.3, 0.4) is 0 Å². The molecule has 0 saturated carbocycles. The Hall–Kier alpha value is -2.09. The van der Waals surface area contributed by atoms with Gasteiger partial charge in [0.1, 0.15) is 11.6 Å². The van der Waals surface area contributed by atoms with E-state index in [1.807, 2.05) is 0 Å². The van der Waals surface area contributed by atoms with E-state index < -0.39 is 34.5 Å². The summed E-state index contributed by atoms with van der Waals surface area (Å²) in [7, 11) is 0. The van der Waals surface area contributed by atoms with Crippen LogP contribution in [0.25, 0.3) is 0 Å². The summed E-state index contributed by atoms with van der Waals surface area (Å²) in [4.78, 5) is 12.3. The van der Waals surface area contributed by atoms with E-state index in [-0.39, 0.29) is 10.6 Å². The van der Waals surface area contributed by atoms with Gasteiger partial charge in [-0.05, 0) is 37.3 Å². The van der Waals surface area contributed by atoms with E-state index in [0.717, 1.165) is 42.1 Å². The van der Waals surface area contributed by atoms with Crippen LogP contribution < -0.4 is 5.32 Å². The third-order valence-electron chi connectivity index (χ3n) is 3.03. The Morgan fingerprint density at radius 2 is 1.83 bits per heavy atom. The molecule has 8 heteroatoms. The standard InChI is InChI=1S/C16H12F5NOS/c1-9(15(23)22-14-8-11(17)5-6-13(14)18)24-12-4-2-3-10(7-12)16(19,20)21/h2-9H,1H3,(H,22,23)/t9-/m1/s1. The molecule has 0 radical (unpaired) electrons. The third-order valence-corrected chi connectivity index (χ3v) is 4.12. The molecule has 2 aromatic rings. The fourth-order valence-electron chi connectivity index (χ4n) is 1.83. The Labute approximate surface area is 139 Å². The number of halogens is 5. The van der Waals surface area contributed by atoms with Gasteiger partial charge < -0.3 is 5.32 Å². The molecule has 0 heterocycles. The first-order valence-corrected chi connectivity index (χ1v) is 7.64. The Kier molecular flexibility index (Phi) is 5.48. The second kappa shape index (κ2) is 7.21. The van der Waals surface area contributed by atoms with Gasteiger partial charge in [0.25, 0.3) is 0 Å². The Balaban J connectivity index is 2.08. The number of amides is 1. The number of thioether (sulfide) groups is 1. The van der Waals surface area contributed by atoms with Gasteiger partial charge in [0, 0.05) is 11.0 Å². The molecule has 0 spiro atoms. The van der Waals surface area contributed by atoms with Crippen molar-refractivity contribution in [2.75, 3.05) is 5.32 Å². The maximum Gasteiger partial charge on any atom is 0.416 e. The lowest BCUT2D eigenvalue weighted by atomic mass is 10.2. The number of carbonyl (C=O) groups excluding carboxylic acids is 1. The fraction of sp³-hybridized carbons (Fsp3) is 0.188. The second-order valence-electron chi connectivity index (χ2n) is 4.90. The zero-order valence-corrected chi connectivity index (χ0v) is 13.1. The van der Waals surface area contributed by atoms with Crippen molar-refractivity contribution in [3.63, 3.8) is 0 Å². The molecule has 2 nitrogen and oxygen atoms in total. The van der Waals surface area contributed by atoms with Gasteiger partial charge in [-0.15, -0.1) is 11.8 Å². The van der Waals surface area contributed by atoms with Crippen molar-refractivity contribution in [1.29, 1.82) is 0 Å². The van der Waals surface area contributed by atoms with Gasteiger partial charge >= 0.3 is 6.18 Å². The molecule has 2 aromatic carbocycles. The first-order valence-electron chi connectivity index (χ1n) is 6.76. The highest BCUT2D eigenvalue weighted by Crippen LogP contribution is 2.33. The van der Waals surface area contributed by atoms with Crippen molar-refractivity contribution in [3.05, 3.63) is 59.7 Å². The lowest BCUT2D eigenvalue weighted by molar-refractivity contribution is -0.137. The summed E-state index contributed by atoms with van der Waals surface area (Å²) in [6.45, 7) is 1.46. The molecule has 1 amide bonds. The number of alkyl halides is 3. The molecule has 0 fully saturated rings. The van der Waals surface area contributed by atoms with E-state index in [1.165, 1.54) is 19.1 Å². The molecule has 0 saturated heterocycles. The van der Waals surface area contributed by atoms with Crippen LogP contribution in [0.4, 0.5) is 27.6 Å². The van der Waals surface area contributed by atoms with Gasteiger partial charge in [-0.25, -0.2) is 8.78 Å². The van der Waals surface area contributed by atoms with E-state index in [0.29, 0.717) is 0 Å². The van der Waals surface area contributed by atoms with Crippen LogP contribution in [0.5, 0.6) is 0 Å². The molecule has 0 unspecified atom stereocenters. The minimum absolute atomic E-state index is 0.243. The van der Waals surface area contributed by atoms with Crippen molar-refractivity contribution in [2.24, 2.45) is 0 Å². The number of hydrogen-bond donors (Lipinski definition) is 1. The van der Waals surface area contributed by atoms with Crippen molar-refractivity contribution < 1.29 is 26.7 Å². The van der Waals surface area contributed by atoms with E-state index in [9.17, 15) is 26.7 Å². The highest BCUT2D eigenvalue weighted by molar-refractivity contribution is 8.00. The average Bonchev–Trinajstić information content (AvgIpc) is 2.50. The van der Waals surface area contributed by atoms with Crippen LogP contribution in [0.1, 0.15) is 12.5 Å². The van der Waals surface area contributed by atoms with Crippen LogP contribution >= 0.6 is 11.8 Å². The number of hydrogen-bond acceptors (Lipinski definition) is 2. The predicted molar refractivity (Wildman–Crippen MR) is 81.8 cm³/mol. The van der Waals surface area contributed by atoms with Crippen LogP contribution in [-0.4, -0.2) is 11.2 Å². The minimum Gasteiger partial charge on any atom is -0.323 e. The Morgan fingerprint density at radius 3 is 2.50 bits per heavy atom. The maximum absolute atomic E-state index is 13.5. The first kappa shape index (κ1) is 18.3. The van der Waals surface area contributed by atoms with Crippen LogP contribution in [-0.2, 0) is 11.0 Å². The Bertz CT molecular complexity index is 747. The first-order chi connectivity index (χ1) is 11.2. The summed E-state index contributed by atoms with van der Waals surface area (Å²) in [6.07, 6.45) is -4.48. The van der Waals surface area contributed by atoms with Crippen molar-refractivity contribution >= 4 is 23.4 Å². The van der Waals surface area contributed by atoms with Gasteiger partial charge in [0.15, 0.2) is 0 Å². The van der Waals surface area contributed by atoms with Crippen molar-refractivity contribution in [1.82, 2.24) is 0 Å². The molecule has 0 bridgehead atoms. The molecule has 0 aliphatic heterocycles. The van der Waals surface area contributed by atoms with Gasteiger partial charge in [0.2, 0.25) is 5.91 Å². The van der Waals surface area contributed by atoms with Crippen molar-refractivity contribution in [3.8, 4) is 0 Å². The topological polar surface area (TPSA) is 29.1 Å². The lowest BCUT2D eigenvalue weighted by Gasteiger charge is -2.14. The van der Waals surface area contributed by atoms with E-state index in [2.05, 4.69) is 5.32 Å². The molecule has 2 rings (SSSR count). The number of nitrogens with one attached hydrogen (secondary N) is 1. The molecule has 0 aromatic heterocycles. The summed E-state index contributed by atoms with van der Waals surface area (Å²) < 4.78 is 64.6. The highest BCUT2D eigenvalue weighted by atomic mass is 32.2. The zero-order valence-electron chi connectivity index (χ0n) is 12.3. The molecule has 0 aliphatic rings. The number of carbonyl (C=O) groups is 1. The molecule has 24 heavy (non-hydrogen) atoms. The van der Waals surface area contributed by atoms with Gasteiger partial charge in [-0.3, -0.25) is 4.79 Å². The van der Waals surface area contributed by atoms with E-state index in [4.69, 9.17) is 0 Å². The molecular formula is C16H12F5NOS. The summed E-state index contributed by atoms with van der Waals surface area (Å²) in [5, 5.41) is 1.41. The van der Waals surface area contributed by atoms with E-state index in [1.54, 1.807) is 0 Å². The fourth-order valence-corrected chi connectivity index (χ4v) is 2.76. The predicted octanol–water partition coefficient (Wildman–Crippen LogP) is 5.10. The SMILES string of the molecule is C[C@@H](Sc1cccc(C(F)(F)F)c1)C(=O)Nc1cc(F)ccc1F. The monoisotopic (exact) mass is 361 g/mol. The molecular weight excluding hydrogens is 349 g/mol. The molecule has 1 N–H and O–H groups in total. The summed E-state index contributed by atoms with van der Waals surface area (Å²) in [5.41, 5.74) is -1.15. The minimum atomic E-state index is -4.48. The maximum atomic E-state index is 13.5. The van der Waals surface area contributed by atoms with Gasteiger partial charge in [0.05, 0.1) is 16.5 Å². The third kappa shape index (κ3) is 4.70. The molecule has 0 aliphatic carbocycles. The van der Waals surface area contributed by atoms with Crippen LogP contribution in [0.15, 0.2) is 47.4 Å². The number of rotatable bonds is 4.